The molecule has 22 heavy (non-hydrogen) atoms. The van der Waals surface area contributed by atoms with E-state index in [1.807, 2.05) is 0 Å². The Balaban J connectivity index is 2.95. The standard InChI is InChI=1S/C15H28N2O5/c1-10(19)16-9-12-11(7-8-18)17(15(5,6)21-12)13(20)22-14(2,3)4/h11-12,18H,7-9H2,1-6H3,(H,16,19). The zero-order valence-corrected chi connectivity index (χ0v) is 14.3. The van der Waals surface area contributed by atoms with Gasteiger partial charge < -0.3 is 19.9 Å². The van der Waals surface area contributed by atoms with Crippen molar-refractivity contribution in [2.75, 3.05) is 13.2 Å². The van der Waals surface area contributed by atoms with Gasteiger partial charge in [-0.25, -0.2) is 4.79 Å². The lowest BCUT2D eigenvalue weighted by Crippen LogP contribution is -2.51. The first-order chi connectivity index (χ1) is 9.98. The number of aliphatic hydroxyl groups excluding tert-OH is 1. The Labute approximate surface area is 131 Å². The fraction of sp³-hybridized carbons (Fsp3) is 0.867. The van der Waals surface area contributed by atoms with Crippen LogP contribution in [0.1, 0.15) is 48.0 Å². The maximum absolute atomic E-state index is 12.5. The highest BCUT2D eigenvalue weighted by atomic mass is 16.6. The van der Waals surface area contributed by atoms with Crippen LogP contribution in [0.4, 0.5) is 4.79 Å². The monoisotopic (exact) mass is 316 g/mol. The second-order valence-corrected chi connectivity index (χ2v) is 6.97. The molecule has 0 spiro atoms. The molecule has 1 rings (SSSR count). The molecule has 2 unspecified atom stereocenters. The first-order valence-corrected chi connectivity index (χ1v) is 7.53. The van der Waals surface area contributed by atoms with Gasteiger partial charge in [0, 0.05) is 20.1 Å². The number of amides is 2. The molecule has 0 saturated carbocycles. The molecule has 1 aliphatic rings. The van der Waals surface area contributed by atoms with Crippen LogP contribution in [-0.4, -0.2) is 58.6 Å². The molecular formula is C15H28N2O5. The first kappa shape index (κ1) is 18.7. The summed E-state index contributed by atoms with van der Waals surface area (Å²) in [7, 11) is 0. The van der Waals surface area contributed by atoms with Gasteiger partial charge in [-0.2, -0.15) is 0 Å². The zero-order valence-electron chi connectivity index (χ0n) is 14.3. The third-order valence-electron chi connectivity index (χ3n) is 3.35. The number of aliphatic hydroxyl groups is 1. The maximum atomic E-state index is 12.5. The van der Waals surface area contributed by atoms with E-state index in [-0.39, 0.29) is 25.1 Å². The quantitative estimate of drug-likeness (QED) is 0.815. The number of hydrogen-bond acceptors (Lipinski definition) is 5. The number of carbonyl (C=O) groups is 2. The van der Waals surface area contributed by atoms with Crippen LogP contribution in [-0.2, 0) is 14.3 Å². The van der Waals surface area contributed by atoms with E-state index in [2.05, 4.69) is 5.32 Å². The summed E-state index contributed by atoms with van der Waals surface area (Å²) in [4.78, 5) is 25.1. The van der Waals surface area contributed by atoms with E-state index in [0.717, 1.165) is 0 Å². The van der Waals surface area contributed by atoms with Crippen molar-refractivity contribution >= 4 is 12.0 Å². The van der Waals surface area contributed by atoms with Crippen LogP contribution in [0, 0.1) is 0 Å². The molecule has 128 valence electrons. The molecule has 0 aromatic rings. The van der Waals surface area contributed by atoms with E-state index >= 15 is 0 Å². The number of ether oxygens (including phenoxy) is 2. The van der Waals surface area contributed by atoms with Crippen LogP contribution in [0.3, 0.4) is 0 Å². The molecule has 2 amide bonds. The zero-order chi connectivity index (χ0) is 17.1. The maximum Gasteiger partial charge on any atom is 0.412 e. The van der Waals surface area contributed by atoms with Crippen LogP contribution in [0.2, 0.25) is 0 Å². The van der Waals surface area contributed by atoms with Crippen molar-refractivity contribution in [1.82, 2.24) is 10.2 Å². The fourth-order valence-electron chi connectivity index (χ4n) is 2.61. The predicted molar refractivity (Wildman–Crippen MR) is 81.2 cm³/mol. The smallest absolute Gasteiger partial charge is 0.412 e. The number of hydrogen-bond donors (Lipinski definition) is 2. The van der Waals surface area contributed by atoms with Crippen molar-refractivity contribution in [3.63, 3.8) is 0 Å². The fourth-order valence-corrected chi connectivity index (χ4v) is 2.61. The minimum atomic E-state index is -0.870. The van der Waals surface area contributed by atoms with Crippen molar-refractivity contribution < 1.29 is 24.2 Å². The Kier molecular flexibility index (Phi) is 5.81. The van der Waals surface area contributed by atoms with Gasteiger partial charge in [0.05, 0.1) is 12.1 Å². The third-order valence-corrected chi connectivity index (χ3v) is 3.35. The molecule has 0 aliphatic carbocycles. The number of carbonyl (C=O) groups excluding carboxylic acids is 2. The van der Waals surface area contributed by atoms with Crippen molar-refractivity contribution in [3.05, 3.63) is 0 Å². The van der Waals surface area contributed by atoms with E-state index < -0.39 is 23.5 Å². The van der Waals surface area contributed by atoms with Gasteiger partial charge in [-0.05, 0) is 41.0 Å². The summed E-state index contributed by atoms with van der Waals surface area (Å²) in [5, 5.41) is 12.0. The van der Waals surface area contributed by atoms with Crippen molar-refractivity contribution in [3.8, 4) is 0 Å². The van der Waals surface area contributed by atoms with Gasteiger partial charge in [-0.1, -0.05) is 0 Å². The Hall–Kier alpha value is -1.34. The van der Waals surface area contributed by atoms with Crippen molar-refractivity contribution in [2.24, 2.45) is 0 Å². The molecule has 1 heterocycles. The van der Waals surface area contributed by atoms with Crippen LogP contribution in [0.5, 0.6) is 0 Å². The molecule has 0 radical (unpaired) electrons. The van der Waals surface area contributed by atoms with E-state index in [0.29, 0.717) is 6.42 Å². The number of nitrogens with one attached hydrogen (secondary N) is 1. The summed E-state index contributed by atoms with van der Waals surface area (Å²) in [6.45, 7) is 10.6. The Morgan fingerprint density at radius 1 is 1.36 bits per heavy atom. The van der Waals surface area contributed by atoms with Crippen molar-refractivity contribution in [1.29, 1.82) is 0 Å². The Morgan fingerprint density at radius 2 is 1.95 bits per heavy atom. The van der Waals surface area contributed by atoms with E-state index in [4.69, 9.17) is 9.47 Å². The lowest BCUT2D eigenvalue weighted by atomic mass is 10.1. The summed E-state index contributed by atoms with van der Waals surface area (Å²) >= 11 is 0. The molecule has 0 bridgehead atoms. The summed E-state index contributed by atoms with van der Waals surface area (Å²) in [6.07, 6.45) is -0.521. The van der Waals surface area contributed by atoms with Crippen LogP contribution < -0.4 is 5.32 Å². The normalized spacial score (nSPS) is 24.2. The molecule has 1 saturated heterocycles. The number of nitrogens with zero attached hydrogens (tertiary/aromatic N) is 1. The molecule has 7 heteroatoms. The highest BCUT2D eigenvalue weighted by Gasteiger charge is 2.50. The second kappa shape index (κ2) is 6.83. The van der Waals surface area contributed by atoms with Gasteiger partial charge in [0.1, 0.15) is 11.3 Å². The predicted octanol–water partition coefficient (Wildman–Crippen LogP) is 1.25. The molecule has 1 aliphatic heterocycles. The van der Waals surface area contributed by atoms with Gasteiger partial charge in [-0.3, -0.25) is 9.69 Å². The third kappa shape index (κ3) is 4.84. The topological polar surface area (TPSA) is 88.1 Å². The van der Waals surface area contributed by atoms with Crippen LogP contribution >= 0.6 is 0 Å². The van der Waals surface area contributed by atoms with Gasteiger partial charge in [0.15, 0.2) is 0 Å². The summed E-state index contributed by atoms with van der Waals surface area (Å²) in [6, 6.07) is -0.360. The van der Waals surface area contributed by atoms with E-state index in [1.54, 1.807) is 34.6 Å². The molecule has 2 atom stereocenters. The molecule has 0 aromatic heterocycles. The molecular weight excluding hydrogens is 288 g/mol. The lowest BCUT2D eigenvalue weighted by molar-refractivity contribution is -0.120. The van der Waals surface area contributed by atoms with Crippen LogP contribution in [0.15, 0.2) is 0 Å². The van der Waals surface area contributed by atoms with Gasteiger partial charge >= 0.3 is 6.09 Å². The SMILES string of the molecule is CC(=O)NCC1OC(C)(C)N(C(=O)OC(C)(C)C)C1CCO. The van der Waals surface area contributed by atoms with Crippen molar-refractivity contribution in [2.45, 2.75) is 71.4 Å². The highest BCUT2D eigenvalue weighted by Crippen LogP contribution is 2.34. The Bertz CT molecular complexity index is 417. The average molecular weight is 316 g/mol. The molecule has 2 N–H and O–H groups in total. The van der Waals surface area contributed by atoms with Crippen LogP contribution in [0.25, 0.3) is 0 Å². The molecule has 7 nitrogen and oxygen atoms in total. The first-order valence-electron chi connectivity index (χ1n) is 7.53. The van der Waals surface area contributed by atoms with E-state index in [1.165, 1.54) is 11.8 Å². The van der Waals surface area contributed by atoms with E-state index in [9.17, 15) is 14.7 Å². The summed E-state index contributed by atoms with van der Waals surface area (Å²) in [5.74, 6) is -0.167. The Morgan fingerprint density at radius 3 is 2.41 bits per heavy atom. The largest absolute Gasteiger partial charge is 0.444 e. The highest BCUT2D eigenvalue weighted by molar-refractivity contribution is 5.73. The average Bonchev–Trinajstić information content (AvgIpc) is 2.56. The lowest BCUT2D eigenvalue weighted by Gasteiger charge is -2.35. The molecule has 0 aromatic carbocycles. The minimum Gasteiger partial charge on any atom is -0.444 e. The second-order valence-electron chi connectivity index (χ2n) is 6.97. The minimum absolute atomic E-state index is 0.0834. The van der Waals surface area contributed by atoms with Gasteiger partial charge in [0.25, 0.3) is 0 Å². The summed E-state index contributed by atoms with van der Waals surface area (Å²) < 4.78 is 11.4. The molecule has 1 fully saturated rings. The summed E-state index contributed by atoms with van der Waals surface area (Å²) in [5.41, 5.74) is -1.49. The van der Waals surface area contributed by atoms with Gasteiger partial charge in [0.2, 0.25) is 5.91 Å². The van der Waals surface area contributed by atoms with Gasteiger partial charge in [-0.15, -0.1) is 0 Å². The number of rotatable bonds is 4.